The topological polar surface area (TPSA) is 24.1 Å². The lowest BCUT2D eigenvalue weighted by Crippen LogP contribution is -2.57. The Kier molecular flexibility index (Phi) is 2.37. The molecule has 2 aliphatic heterocycles. The van der Waals surface area contributed by atoms with E-state index in [0.717, 1.165) is 18.0 Å². The quantitative estimate of drug-likeness (QED) is 0.646. The predicted octanol–water partition coefficient (Wildman–Crippen LogP) is 1.12. The normalized spacial score (nSPS) is 40.8. The van der Waals surface area contributed by atoms with Crippen molar-refractivity contribution in [3.05, 3.63) is 0 Å². The summed E-state index contributed by atoms with van der Waals surface area (Å²) in [5.41, 5.74) is 0. The Labute approximate surface area is 75.1 Å². The monoisotopic (exact) mass is 168 g/mol. The summed E-state index contributed by atoms with van der Waals surface area (Å²) in [4.78, 5) is 0. The molecule has 12 heavy (non-hydrogen) atoms. The van der Waals surface area contributed by atoms with Crippen LogP contribution in [0.1, 0.15) is 33.1 Å². The van der Waals surface area contributed by atoms with Gasteiger partial charge in [0, 0.05) is 18.1 Å². The van der Waals surface area contributed by atoms with Gasteiger partial charge in [0.25, 0.3) is 0 Å². The van der Waals surface area contributed by atoms with E-state index in [2.05, 4.69) is 24.5 Å². The summed E-state index contributed by atoms with van der Waals surface area (Å²) < 4.78 is 0. The van der Waals surface area contributed by atoms with Crippen LogP contribution in [0.3, 0.4) is 0 Å². The summed E-state index contributed by atoms with van der Waals surface area (Å²) in [6, 6.07) is 2.26. The van der Waals surface area contributed by atoms with E-state index in [1.54, 1.807) is 0 Å². The van der Waals surface area contributed by atoms with Gasteiger partial charge in [-0.25, -0.2) is 0 Å². The molecule has 0 spiro atoms. The largest absolute Gasteiger partial charge is 0.314 e. The predicted molar refractivity (Wildman–Crippen MR) is 51.2 cm³/mol. The van der Waals surface area contributed by atoms with Crippen molar-refractivity contribution in [3.8, 4) is 0 Å². The number of hydrogen-bond donors (Lipinski definition) is 2. The van der Waals surface area contributed by atoms with Crippen molar-refractivity contribution in [2.45, 2.75) is 51.2 Å². The zero-order valence-corrected chi connectivity index (χ0v) is 8.14. The molecule has 0 unspecified atom stereocenters. The molecule has 0 amide bonds. The summed E-state index contributed by atoms with van der Waals surface area (Å²) in [5, 5.41) is 7.25. The molecule has 2 heterocycles. The van der Waals surface area contributed by atoms with E-state index in [4.69, 9.17) is 0 Å². The third kappa shape index (κ3) is 1.64. The highest BCUT2D eigenvalue weighted by Crippen LogP contribution is 2.29. The Morgan fingerprint density at radius 3 is 2.58 bits per heavy atom. The molecule has 1 aliphatic carbocycles. The van der Waals surface area contributed by atoms with Gasteiger partial charge in [-0.05, 0) is 31.7 Å². The lowest BCUT2D eigenvalue weighted by Gasteiger charge is -2.44. The van der Waals surface area contributed by atoms with E-state index in [9.17, 15) is 0 Å². The van der Waals surface area contributed by atoms with Crippen LogP contribution in [0, 0.1) is 5.92 Å². The molecule has 3 fully saturated rings. The molecule has 2 saturated heterocycles. The third-order valence-electron chi connectivity index (χ3n) is 3.21. The van der Waals surface area contributed by atoms with E-state index >= 15 is 0 Å². The SMILES string of the molecule is CC(C)N[C@@H]1C[C@@H]2CC[C@H]1CN2. The molecule has 1 saturated carbocycles. The number of fused-ring (bicyclic) bond motifs is 3. The molecule has 0 aromatic heterocycles. The van der Waals surface area contributed by atoms with Gasteiger partial charge in [0.15, 0.2) is 0 Å². The van der Waals surface area contributed by atoms with Crippen molar-refractivity contribution in [1.82, 2.24) is 10.6 Å². The van der Waals surface area contributed by atoms with E-state index < -0.39 is 0 Å². The van der Waals surface area contributed by atoms with Crippen molar-refractivity contribution in [2.24, 2.45) is 5.92 Å². The lowest BCUT2D eigenvalue weighted by molar-refractivity contribution is 0.150. The Morgan fingerprint density at radius 1 is 1.33 bits per heavy atom. The van der Waals surface area contributed by atoms with Gasteiger partial charge >= 0.3 is 0 Å². The first kappa shape index (κ1) is 8.52. The molecular weight excluding hydrogens is 148 g/mol. The van der Waals surface area contributed by atoms with Crippen molar-refractivity contribution >= 4 is 0 Å². The molecule has 3 rings (SSSR count). The highest BCUT2D eigenvalue weighted by Gasteiger charge is 2.34. The molecule has 2 nitrogen and oxygen atoms in total. The van der Waals surface area contributed by atoms with Crippen LogP contribution in [-0.4, -0.2) is 24.7 Å². The fraction of sp³-hybridized carbons (Fsp3) is 1.00. The molecule has 2 N–H and O–H groups in total. The molecule has 2 bridgehead atoms. The first-order valence-corrected chi connectivity index (χ1v) is 5.25. The fourth-order valence-electron chi connectivity index (χ4n) is 2.61. The van der Waals surface area contributed by atoms with Crippen molar-refractivity contribution in [2.75, 3.05) is 6.54 Å². The molecule has 0 radical (unpaired) electrons. The van der Waals surface area contributed by atoms with E-state index in [1.807, 2.05) is 0 Å². The summed E-state index contributed by atoms with van der Waals surface area (Å²) in [7, 11) is 0. The Morgan fingerprint density at radius 2 is 2.17 bits per heavy atom. The van der Waals surface area contributed by atoms with Gasteiger partial charge in [-0.2, -0.15) is 0 Å². The highest BCUT2D eigenvalue weighted by molar-refractivity contribution is 4.94. The number of piperidine rings is 2. The maximum atomic E-state index is 3.67. The second-order valence-corrected chi connectivity index (χ2v) is 4.61. The van der Waals surface area contributed by atoms with Gasteiger partial charge in [-0.15, -0.1) is 0 Å². The second kappa shape index (κ2) is 3.35. The summed E-state index contributed by atoms with van der Waals surface area (Å²) in [6.07, 6.45) is 4.19. The zero-order chi connectivity index (χ0) is 8.55. The molecular formula is C10H20N2. The first-order chi connectivity index (χ1) is 5.75. The van der Waals surface area contributed by atoms with Crippen LogP contribution >= 0.6 is 0 Å². The van der Waals surface area contributed by atoms with Gasteiger partial charge in [0.05, 0.1) is 0 Å². The fourth-order valence-corrected chi connectivity index (χ4v) is 2.61. The van der Waals surface area contributed by atoms with Gasteiger partial charge in [-0.3, -0.25) is 0 Å². The Bertz CT molecular complexity index is 146. The van der Waals surface area contributed by atoms with Crippen LogP contribution < -0.4 is 10.6 Å². The summed E-state index contributed by atoms with van der Waals surface area (Å²) >= 11 is 0. The smallest absolute Gasteiger partial charge is 0.0125 e. The Balaban J connectivity index is 1.91. The molecule has 0 aromatic carbocycles. The molecule has 70 valence electrons. The number of hydrogen-bond acceptors (Lipinski definition) is 2. The van der Waals surface area contributed by atoms with Crippen LogP contribution in [0.25, 0.3) is 0 Å². The van der Waals surface area contributed by atoms with Crippen LogP contribution in [0.2, 0.25) is 0 Å². The molecule has 2 heteroatoms. The minimum atomic E-state index is 0.648. The van der Waals surface area contributed by atoms with Crippen molar-refractivity contribution < 1.29 is 0 Å². The van der Waals surface area contributed by atoms with E-state index in [1.165, 1.54) is 25.8 Å². The van der Waals surface area contributed by atoms with Crippen LogP contribution in [0.15, 0.2) is 0 Å². The molecule has 3 atom stereocenters. The number of nitrogens with one attached hydrogen (secondary N) is 2. The number of rotatable bonds is 2. The first-order valence-electron chi connectivity index (χ1n) is 5.25. The maximum absolute atomic E-state index is 3.67. The maximum Gasteiger partial charge on any atom is 0.0125 e. The Hall–Kier alpha value is -0.0800. The standard InChI is InChI=1S/C10H20N2/c1-7(2)12-10-5-9-4-3-8(10)6-11-9/h7-12H,3-6H2,1-2H3/t8-,9-,10+/m0/s1. The van der Waals surface area contributed by atoms with Crippen LogP contribution in [0.4, 0.5) is 0 Å². The second-order valence-electron chi connectivity index (χ2n) is 4.61. The van der Waals surface area contributed by atoms with Gasteiger partial charge in [-0.1, -0.05) is 13.8 Å². The van der Waals surface area contributed by atoms with E-state index in [-0.39, 0.29) is 0 Å². The molecule has 0 aromatic rings. The van der Waals surface area contributed by atoms with Crippen LogP contribution in [-0.2, 0) is 0 Å². The molecule has 3 aliphatic rings. The minimum absolute atomic E-state index is 0.648. The summed E-state index contributed by atoms with van der Waals surface area (Å²) in [5.74, 6) is 0.900. The summed E-state index contributed by atoms with van der Waals surface area (Å²) in [6.45, 7) is 5.74. The van der Waals surface area contributed by atoms with Crippen LogP contribution in [0.5, 0.6) is 0 Å². The van der Waals surface area contributed by atoms with Crippen molar-refractivity contribution in [1.29, 1.82) is 0 Å². The minimum Gasteiger partial charge on any atom is -0.314 e. The van der Waals surface area contributed by atoms with Gasteiger partial charge in [0.2, 0.25) is 0 Å². The lowest BCUT2D eigenvalue weighted by atomic mass is 9.77. The average molecular weight is 168 g/mol. The zero-order valence-electron chi connectivity index (χ0n) is 8.14. The van der Waals surface area contributed by atoms with Crippen molar-refractivity contribution in [3.63, 3.8) is 0 Å². The van der Waals surface area contributed by atoms with E-state index in [0.29, 0.717) is 6.04 Å². The average Bonchev–Trinajstić information content (AvgIpc) is 2.05. The van der Waals surface area contributed by atoms with Gasteiger partial charge in [0.1, 0.15) is 0 Å². The highest BCUT2D eigenvalue weighted by atomic mass is 15.0. The van der Waals surface area contributed by atoms with Gasteiger partial charge < -0.3 is 10.6 Å². The third-order valence-corrected chi connectivity index (χ3v) is 3.21.